The van der Waals surface area contributed by atoms with Crippen LogP contribution in [0.15, 0.2) is 126 Å². The van der Waals surface area contributed by atoms with E-state index in [1.807, 2.05) is 47.4 Å². The smallest absolute Gasteiger partial charge is 0.222 e. The van der Waals surface area contributed by atoms with Crippen molar-refractivity contribution < 1.29 is 9.59 Å². The standard InChI is InChI=1S/3C11H16.2C10H19NO.3C9H14N2.3C8H13N3.CH4/c3*1-8(2)10-7-6-9-4-3-5-11(9)10;2*1-4-11-7-9(8(2)3)5-6-10(11)12;3*1-7(2)8-3-5-11-6-4-10-9(8)11;3*1-6(2)7-3-4-11-5-9-10-8(7)11;/h3*3-4,8,10H,5-7H2,1-2H3;2*8-9H,4-7H2,1-3H3;3*4,6-8H,3,5H2,1-2H3;3*5-7H,3-4H2,1-2H3;1H4/t2*10-;;2*9-;2*8-;;2*7-;;/m10.1010.10../s1. The lowest BCUT2D eigenvalue weighted by Gasteiger charge is -2.33. The minimum absolute atomic E-state index is 0. The van der Waals surface area contributed by atoms with Crippen LogP contribution >= 0.6 is 0 Å². The molecule has 688 valence electrons. The van der Waals surface area contributed by atoms with Gasteiger partial charge in [-0.1, -0.05) is 213 Å². The third-order valence-corrected chi connectivity index (χ3v) is 29.9. The molecule has 2 amide bonds. The number of piperidine rings is 2. The van der Waals surface area contributed by atoms with Crippen molar-refractivity contribution in [2.45, 2.75) is 370 Å². The molecule has 0 N–H and O–H groups in total. The molecule has 0 bridgehead atoms. The number of hydrogen-bond donors (Lipinski definition) is 0. The minimum atomic E-state index is 0. The van der Waals surface area contributed by atoms with Crippen molar-refractivity contribution in [2.24, 2.45) is 94.7 Å². The summed E-state index contributed by atoms with van der Waals surface area (Å²) in [6.07, 6.45) is 54.7. The Kier molecular flexibility index (Phi) is 38.8. The van der Waals surface area contributed by atoms with Gasteiger partial charge < -0.3 is 37.2 Å². The first-order valence-electron chi connectivity index (χ1n) is 49.3. The number of rotatable bonds is 13. The summed E-state index contributed by atoms with van der Waals surface area (Å²) < 4.78 is 13.3. The van der Waals surface area contributed by atoms with Gasteiger partial charge in [-0.2, -0.15) is 0 Å². The van der Waals surface area contributed by atoms with E-state index in [1.165, 1.54) is 131 Å². The van der Waals surface area contributed by atoms with Crippen LogP contribution < -0.4 is 0 Å². The predicted octanol–water partition coefficient (Wildman–Crippen LogP) is 24.7. The molecule has 0 spiro atoms. The number of imidazole rings is 3. The monoisotopic (exact) mass is 1700 g/mol. The Labute approximate surface area is 752 Å². The molecule has 8 aliphatic heterocycles. The molecule has 124 heavy (non-hydrogen) atoms. The maximum absolute atomic E-state index is 11.3. The summed E-state index contributed by atoms with van der Waals surface area (Å²) in [5.41, 5.74) is 10.2. The molecule has 6 aromatic rings. The van der Waals surface area contributed by atoms with Crippen molar-refractivity contribution in [1.29, 1.82) is 0 Å². The van der Waals surface area contributed by atoms with Gasteiger partial charge in [0.1, 0.15) is 53.9 Å². The lowest BCUT2D eigenvalue weighted by Crippen LogP contribution is -2.41. The van der Waals surface area contributed by atoms with E-state index in [0.29, 0.717) is 76.9 Å². The second-order valence-electron chi connectivity index (χ2n) is 41.5. The first-order valence-corrected chi connectivity index (χ1v) is 49.3. The number of hydrogen-bond acceptors (Lipinski definition) is 11. The highest BCUT2D eigenvalue weighted by atomic mass is 16.2. The quantitative estimate of drug-likeness (QED) is 0.107. The van der Waals surface area contributed by atoms with E-state index in [-0.39, 0.29) is 7.43 Å². The summed E-state index contributed by atoms with van der Waals surface area (Å²) in [6.45, 7) is 64.8. The van der Waals surface area contributed by atoms with Gasteiger partial charge in [0, 0.05) is 151 Å². The van der Waals surface area contributed by atoms with Crippen LogP contribution in [-0.4, -0.2) is 121 Å². The summed E-state index contributed by atoms with van der Waals surface area (Å²) in [4.78, 5) is 39.7. The van der Waals surface area contributed by atoms with Crippen LogP contribution in [0.3, 0.4) is 0 Å². The average molecular weight is 1700 g/mol. The van der Waals surface area contributed by atoms with Crippen LogP contribution in [0.25, 0.3) is 0 Å². The molecule has 0 aromatic carbocycles. The highest BCUT2D eigenvalue weighted by Crippen LogP contribution is 2.46. The van der Waals surface area contributed by atoms with E-state index >= 15 is 0 Å². The van der Waals surface area contributed by atoms with Gasteiger partial charge in [0.15, 0.2) is 0 Å². The number of carbonyl (C=O) groups excluding carboxylic acids is 2. The fourth-order valence-corrected chi connectivity index (χ4v) is 21.8. The number of aromatic nitrogens is 15. The predicted molar refractivity (Wildman–Crippen MR) is 511 cm³/mol. The van der Waals surface area contributed by atoms with Crippen molar-refractivity contribution in [3.8, 4) is 0 Å². The van der Waals surface area contributed by atoms with E-state index in [4.69, 9.17) is 0 Å². The molecule has 2 saturated heterocycles. The molecule has 14 aliphatic rings. The topological polar surface area (TPSA) is 186 Å². The number of carbonyl (C=O) groups is 2. The molecule has 6 aliphatic carbocycles. The van der Waals surface area contributed by atoms with Crippen molar-refractivity contribution in [1.82, 2.24) is 82.7 Å². The maximum atomic E-state index is 11.3. The van der Waals surface area contributed by atoms with E-state index in [2.05, 4.69) is 294 Å². The van der Waals surface area contributed by atoms with Crippen LogP contribution in [0, 0.1) is 94.7 Å². The van der Waals surface area contributed by atoms with Crippen molar-refractivity contribution in [2.75, 3.05) is 26.2 Å². The normalized spacial score (nSPS) is 24.6. The zero-order valence-corrected chi connectivity index (χ0v) is 81.3. The van der Waals surface area contributed by atoms with Crippen LogP contribution in [0.4, 0.5) is 0 Å². The van der Waals surface area contributed by atoms with Gasteiger partial charge in [0.05, 0.1) is 0 Å². The van der Waals surface area contributed by atoms with Gasteiger partial charge >= 0.3 is 0 Å². The fraction of sp³-hybridized carbons (Fsp3) is 0.724. The summed E-state index contributed by atoms with van der Waals surface area (Å²) in [7, 11) is 0. The van der Waals surface area contributed by atoms with Gasteiger partial charge in [0.25, 0.3) is 0 Å². The Morgan fingerprint density at radius 1 is 0.298 bits per heavy atom. The zero-order chi connectivity index (χ0) is 88.9. The lowest BCUT2D eigenvalue weighted by molar-refractivity contribution is -0.135. The number of allylic oxidation sites excluding steroid dienone is 12. The zero-order valence-electron chi connectivity index (χ0n) is 81.3. The van der Waals surface area contributed by atoms with Gasteiger partial charge in [-0.15, -0.1) is 30.6 Å². The van der Waals surface area contributed by atoms with E-state index < -0.39 is 0 Å². The molecule has 19 nitrogen and oxygen atoms in total. The van der Waals surface area contributed by atoms with Crippen molar-refractivity contribution in [3.63, 3.8) is 0 Å². The lowest BCUT2D eigenvalue weighted by atomic mass is 9.88. The van der Waals surface area contributed by atoms with Crippen LogP contribution in [0.5, 0.6) is 0 Å². The van der Waals surface area contributed by atoms with Crippen LogP contribution in [0.1, 0.15) is 366 Å². The molecule has 19 heteroatoms. The summed E-state index contributed by atoms with van der Waals surface area (Å²) in [5.74, 6) is 24.5. The van der Waals surface area contributed by atoms with Gasteiger partial charge in [-0.3, -0.25) is 9.59 Å². The number of nitrogens with zero attached hydrogens (tertiary/aromatic N) is 17. The molecular formula is C105H171N17O2. The molecule has 3 unspecified atom stereocenters. The van der Waals surface area contributed by atoms with E-state index in [9.17, 15) is 9.59 Å². The Bertz CT molecular complexity index is 3830. The van der Waals surface area contributed by atoms with Gasteiger partial charge in [-0.25, -0.2) is 15.0 Å². The molecule has 11 atom stereocenters. The average Bonchev–Trinajstić information content (AvgIpc) is 1.73. The molecule has 2 fully saturated rings. The third-order valence-electron chi connectivity index (χ3n) is 29.9. The maximum Gasteiger partial charge on any atom is 0.222 e. The Morgan fingerprint density at radius 3 is 0.774 bits per heavy atom. The Hall–Kier alpha value is -7.57. The Morgan fingerprint density at radius 2 is 0.540 bits per heavy atom. The molecule has 6 aromatic heterocycles. The van der Waals surface area contributed by atoms with Crippen LogP contribution in [-0.2, 0) is 48.9 Å². The molecule has 0 radical (unpaired) electrons. The van der Waals surface area contributed by atoms with Gasteiger partial charge in [0.2, 0.25) is 11.8 Å². The second-order valence-corrected chi connectivity index (χ2v) is 41.5. The molecule has 14 heterocycles. The first kappa shape index (κ1) is 100. The number of aryl methyl sites for hydroxylation is 6. The molecule has 20 rings (SSSR count). The summed E-state index contributed by atoms with van der Waals surface area (Å²) >= 11 is 0. The van der Waals surface area contributed by atoms with Crippen LogP contribution in [0.2, 0.25) is 0 Å². The fourth-order valence-electron chi connectivity index (χ4n) is 21.8. The Balaban J connectivity index is 0.000000154. The van der Waals surface area contributed by atoms with Crippen molar-refractivity contribution in [3.05, 3.63) is 161 Å². The van der Waals surface area contributed by atoms with E-state index in [0.717, 1.165) is 156 Å². The van der Waals surface area contributed by atoms with Crippen molar-refractivity contribution >= 4 is 11.8 Å². The minimum Gasteiger partial charge on any atom is -0.343 e. The number of amides is 2. The summed E-state index contributed by atoms with van der Waals surface area (Å²) in [5, 5.41) is 24.0. The first-order chi connectivity index (χ1) is 58.9. The largest absolute Gasteiger partial charge is 0.343 e. The van der Waals surface area contributed by atoms with Gasteiger partial charge in [-0.05, 0) is 234 Å². The number of likely N-dealkylation sites (tertiary alicyclic amines) is 2. The molecular weight excluding hydrogens is 1530 g/mol. The van der Waals surface area contributed by atoms with E-state index in [1.54, 1.807) is 33.4 Å². The second kappa shape index (κ2) is 48.0. The third kappa shape index (κ3) is 26.1. The number of fused-ring (bicyclic) bond motifs is 6. The summed E-state index contributed by atoms with van der Waals surface area (Å²) in [6, 6.07) is 0. The molecule has 0 saturated carbocycles. The SMILES string of the molecule is C.CC(C)C1CCC2=C1CC=C2.CC(C)C1CCn2ccnc21.CC(C)C1CCn2cnnc21.CC(C)[C@@H]1CCC2=C1CC=C2.CC(C)[C@@H]1CCn2ccnc21.CC(C)[C@@H]1CCn2cnnc21.CC(C)[C@H]1CCC2=C1CC=C2.CC(C)[C@H]1CCn2ccnc21.CC(C)[C@H]1CCn2cnnc21.CCN1C[C@@H](C(C)C)CCC1=O.CCN1C[C@H](C(C)C)CCC1=O. The highest BCUT2D eigenvalue weighted by Gasteiger charge is 2.36. The highest BCUT2D eigenvalue weighted by molar-refractivity contribution is 5.77.